The summed E-state index contributed by atoms with van der Waals surface area (Å²) in [5.74, 6) is 0. The van der Waals surface area contributed by atoms with E-state index in [1.165, 1.54) is 0 Å². The number of aliphatic hydroxyl groups is 1. The van der Waals surface area contributed by atoms with E-state index in [4.69, 9.17) is 47.4 Å². The molecule has 0 aromatic carbocycles. The summed E-state index contributed by atoms with van der Waals surface area (Å²) >= 11 is 0. The molecule has 0 saturated heterocycles. The zero-order valence-corrected chi connectivity index (χ0v) is 32.1. The molecule has 0 aliphatic heterocycles. The molecule has 0 aliphatic rings. The van der Waals surface area contributed by atoms with Crippen molar-refractivity contribution in [3.8, 4) is 0 Å². The SMILES string of the molecule is C=CCOCC(COCC(COCC(COCC(COCC(CO)OCCCC)OCCCC)OCCCC)OCCCC)OCCCC. The summed E-state index contributed by atoms with van der Waals surface area (Å²) in [5.41, 5.74) is 0. The number of ether oxygens (including phenoxy) is 10. The van der Waals surface area contributed by atoms with Gasteiger partial charge in [-0.25, -0.2) is 0 Å². The number of hydrogen-bond acceptors (Lipinski definition) is 11. The van der Waals surface area contributed by atoms with E-state index in [0.717, 1.165) is 64.2 Å². The molecule has 49 heavy (non-hydrogen) atoms. The molecule has 294 valence electrons. The van der Waals surface area contributed by atoms with E-state index < -0.39 is 0 Å². The molecule has 11 heteroatoms. The van der Waals surface area contributed by atoms with Gasteiger partial charge in [0.2, 0.25) is 0 Å². The lowest BCUT2D eigenvalue weighted by molar-refractivity contribution is -0.119. The van der Waals surface area contributed by atoms with Gasteiger partial charge in [0, 0.05) is 33.0 Å². The van der Waals surface area contributed by atoms with Crippen molar-refractivity contribution in [2.24, 2.45) is 0 Å². The van der Waals surface area contributed by atoms with Crippen LogP contribution in [0.4, 0.5) is 0 Å². The van der Waals surface area contributed by atoms with Crippen LogP contribution in [0.25, 0.3) is 0 Å². The van der Waals surface area contributed by atoms with Gasteiger partial charge < -0.3 is 52.5 Å². The van der Waals surface area contributed by atoms with E-state index in [-0.39, 0.29) is 37.1 Å². The van der Waals surface area contributed by atoms with Crippen molar-refractivity contribution in [3.63, 3.8) is 0 Å². The van der Waals surface area contributed by atoms with E-state index in [0.29, 0.717) is 99.1 Å². The van der Waals surface area contributed by atoms with Crippen LogP contribution in [-0.4, -0.2) is 141 Å². The predicted molar refractivity (Wildman–Crippen MR) is 195 cm³/mol. The Kier molecular flexibility index (Phi) is 38.0. The fourth-order valence-corrected chi connectivity index (χ4v) is 4.31. The van der Waals surface area contributed by atoms with Crippen molar-refractivity contribution in [1.29, 1.82) is 0 Å². The molecule has 5 unspecified atom stereocenters. The molecule has 1 N–H and O–H groups in total. The Morgan fingerprint density at radius 2 is 0.653 bits per heavy atom. The van der Waals surface area contributed by atoms with E-state index >= 15 is 0 Å². The molecular formula is C38H76O11. The van der Waals surface area contributed by atoms with Crippen LogP contribution >= 0.6 is 0 Å². The highest BCUT2D eigenvalue weighted by molar-refractivity contribution is 4.67. The Morgan fingerprint density at radius 1 is 0.408 bits per heavy atom. The molecule has 0 fully saturated rings. The molecule has 11 nitrogen and oxygen atoms in total. The third-order valence-electron chi connectivity index (χ3n) is 7.43. The van der Waals surface area contributed by atoms with Crippen LogP contribution in [0.15, 0.2) is 12.7 Å². The van der Waals surface area contributed by atoms with Crippen LogP contribution in [0.5, 0.6) is 0 Å². The van der Waals surface area contributed by atoms with E-state index in [2.05, 4.69) is 41.2 Å². The van der Waals surface area contributed by atoms with Crippen LogP contribution in [0, 0.1) is 0 Å². The van der Waals surface area contributed by atoms with Gasteiger partial charge in [-0.1, -0.05) is 72.8 Å². The molecule has 0 heterocycles. The van der Waals surface area contributed by atoms with Gasteiger partial charge in [0.05, 0.1) is 72.7 Å². The first kappa shape index (κ1) is 48.3. The minimum Gasteiger partial charge on any atom is -0.394 e. The highest BCUT2D eigenvalue weighted by Gasteiger charge is 2.18. The zero-order chi connectivity index (χ0) is 36.0. The lowest BCUT2D eigenvalue weighted by Gasteiger charge is -2.24. The quantitative estimate of drug-likeness (QED) is 0.0581. The molecular weight excluding hydrogens is 632 g/mol. The Morgan fingerprint density at radius 3 is 0.898 bits per heavy atom. The number of rotatable bonds is 41. The molecule has 0 aromatic heterocycles. The van der Waals surface area contributed by atoms with Gasteiger partial charge in [-0.2, -0.15) is 0 Å². The van der Waals surface area contributed by atoms with Crippen LogP contribution in [-0.2, 0) is 47.4 Å². The van der Waals surface area contributed by atoms with E-state index in [9.17, 15) is 5.11 Å². The molecule has 0 radical (unpaired) electrons. The molecule has 0 amide bonds. The van der Waals surface area contributed by atoms with E-state index in [1.807, 2.05) is 0 Å². The first-order chi connectivity index (χ1) is 24.1. The van der Waals surface area contributed by atoms with Crippen molar-refractivity contribution < 1.29 is 52.5 Å². The van der Waals surface area contributed by atoms with E-state index in [1.54, 1.807) is 6.08 Å². The average molecular weight is 709 g/mol. The topological polar surface area (TPSA) is 113 Å². The molecule has 0 rings (SSSR count). The minimum atomic E-state index is -0.339. The summed E-state index contributed by atoms with van der Waals surface area (Å²) in [7, 11) is 0. The average Bonchev–Trinajstić information content (AvgIpc) is 3.10. The minimum absolute atomic E-state index is 0.0754. The van der Waals surface area contributed by atoms with Gasteiger partial charge in [-0.3, -0.25) is 0 Å². The van der Waals surface area contributed by atoms with Crippen molar-refractivity contribution in [3.05, 3.63) is 12.7 Å². The number of hydrogen-bond donors (Lipinski definition) is 1. The van der Waals surface area contributed by atoms with Gasteiger partial charge in [0.25, 0.3) is 0 Å². The second-order valence-electron chi connectivity index (χ2n) is 12.4. The summed E-state index contributed by atoms with van der Waals surface area (Å²) in [6.45, 7) is 21.5. The van der Waals surface area contributed by atoms with Gasteiger partial charge >= 0.3 is 0 Å². The Bertz CT molecular complexity index is 657. The normalized spacial score (nSPS) is 14.9. The van der Waals surface area contributed by atoms with Crippen LogP contribution in [0.3, 0.4) is 0 Å². The summed E-state index contributed by atoms with van der Waals surface area (Å²) in [6.07, 6.45) is 10.7. The molecule has 0 bridgehead atoms. The molecule has 0 aromatic rings. The third kappa shape index (κ3) is 31.7. The second kappa shape index (κ2) is 38.5. The Hall–Kier alpha value is -0.700. The Balaban J connectivity index is 4.99. The lowest BCUT2D eigenvalue weighted by Crippen LogP contribution is -2.34. The first-order valence-corrected chi connectivity index (χ1v) is 19.3. The highest BCUT2D eigenvalue weighted by atomic mass is 16.6. The molecule has 0 saturated carbocycles. The predicted octanol–water partition coefficient (Wildman–Crippen LogP) is 6.17. The monoisotopic (exact) mass is 709 g/mol. The van der Waals surface area contributed by atoms with Crippen LogP contribution in [0.1, 0.15) is 98.8 Å². The highest BCUT2D eigenvalue weighted by Crippen LogP contribution is 2.07. The third-order valence-corrected chi connectivity index (χ3v) is 7.43. The Labute approximate surface area is 299 Å². The fourth-order valence-electron chi connectivity index (χ4n) is 4.31. The maximum atomic E-state index is 9.64. The summed E-state index contributed by atoms with van der Waals surface area (Å²) < 4.78 is 59.9. The lowest BCUT2D eigenvalue weighted by atomic mass is 10.3. The number of aliphatic hydroxyl groups excluding tert-OH is 1. The summed E-state index contributed by atoms with van der Waals surface area (Å²) in [4.78, 5) is 0. The fraction of sp³-hybridized carbons (Fsp3) is 0.947. The standard InChI is InChI=1S/C38H76O11/c1-7-13-19-45-34(24-39)25-41-28-36(47-21-15-9-3)29-43-32-38(49-23-17-11-5)33-44-31-37(48-22-16-10-4)30-42-27-35(26-40-18-12-6)46-20-14-8-2/h12,34-39H,6-11,13-33H2,1-5H3. The smallest absolute Gasteiger partial charge is 0.104 e. The molecule has 0 spiro atoms. The summed E-state index contributed by atoms with van der Waals surface area (Å²) in [5, 5.41) is 9.64. The van der Waals surface area contributed by atoms with Crippen LogP contribution in [0.2, 0.25) is 0 Å². The summed E-state index contributed by atoms with van der Waals surface area (Å²) in [6, 6.07) is 0. The van der Waals surface area contributed by atoms with Gasteiger partial charge in [0.15, 0.2) is 0 Å². The van der Waals surface area contributed by atoms with Gasteiger partial charge in [-0.15, -0.1) is 6.58 Å². The zero-order valence-electron chi connectivity index (χ0n) is 32.1. The van der Waals surface area contributed by atoms with Crippen molar-refractivity contribution in [2.45, 2.75) is 129 Å². The van der Waals surface area contributed by atoms with Crippen molar-refractivity contribution in [1.82, 2.24) is 0 Å². The van der Waals surface area contributed by atoms with Crippen molar-refractivity contribution >= 4 is 0 Å². The first-order valence-electron chi connectivity index (χ1n) is 19.3. The van der Waals surface area contributed by atoms with Gasteiger partial charge in [-0.05, 0) is 32.1 Å². The number of unbranched alkanes of at least 4 members (excludes halogenated alkanes) is 5. The largest absolute Gasteiger partial charge is 0.394 e. The maximum absolute atomic E-state index is 9.64. The van der Waals surface area contributed by atoms with Gasteiger partial charge in [0.1, 0.15) is 30.5 Å². The maximum Gasteiger partial charge on any atom is 0.104 e. The second-order valence-corrected chi connectivity index (χ2v) is 12.4. The molecule has 5 atom stereocenters. The van der Waals surface area contributed by atoms with Crippen LogP contribution < -0.4 is 0 Å². The molecule has 0 aliphatic carbocycles. The van der Waals surface area contributed by atoms with Crippen molar-refractivity contribution in [2.75, 3.05) is 106 Å².